The summed E-state index contributed by atoms with van der Waals surface area (Å²) < 4.78 is 9.44. The van der Waals surface area contributed by atoms with Crippen molar-refractivity contribution in [3.05, 3.63) is 0 Å². The Morgan fingerprint density at radius 2 is 2.67 bits per heavy atom. The molecule has 0 unspecified atom stereocenters. The molecule has 0 fully saturated rings. The molecule has 34 valence electrons. The number of hydrogen-bond acceptors (Lipinski definition) is 1. The van der Waals surface area contributed by atoms with E-state index in [1.165, 1.54) is 6.47 Å². The van der Waals surface area contributed by atoms with E-state index in [1.54, 1.807) is 0 Å². The molecule has 0 saturated carbocycles. The molecule has 1 heterocycles. The SMILES string of the molecule is C1=[O+]CCCO1. The Hall–Kier alpha value is -0.530. The molecule has 0 aromatic heterocycles. The third kappa shape index (κ3) is 0.708. The number of carbonyl (C=O) groups excluding carboxylic acids is 1. The van der Waals surface area contributed by atoms with Crippen molar-refractivity contribution in [3.63, 3.8) is 0 Å². The molecule has 0 aromatic carbocycles. The van der Waals surface area contributed by atoms with E-state index >= 15 is 0 Å². The normalized spacial score (nSPS) is 20.0. The van der Waals surface area contributed by atoms with Crippen LogP contribution < -0.4 is 0 Å². The van der Waals surface area contributed by atoms with Crippen molar-refractivity contribution < 1.29 is 9.16 Å². The van der Waals surface area contributed by atoms with E-state index < -0.39 is 0 Å². The van der Waals surface area contributed by atoms with Gasteiger partial charge in [0.25, 0.3) is 0 Å². The van der Waals surface area contributed by atoms with Gasteiger partial charge in [0.05, 0.1) is 6.42 Å². The van der Waals surface area contributed by atoms with Crippen molar-refractivity contribution in [3.8, 4) is 0 Å². The Bertz CT molecular complexity index is 50.6. The molecule has 0 bridgehead atoms. The Morgan fingerprint density at radius 3 is 2.83 bits per heavy atom. The molecule has 1 aliphatic rings. The van der Waals surface area contributed by atoms with Gasteiger partial charge in [-0.2, -0.15) is 0 Å². The van der Waals surface area contributed by atoms with Crippen molar-refractivity contribution in [1.82, 2.24) is 0 Å². The molecule has 0 N–H and O–H groups in total. The summed E-state index contributed by atoms with van der Waals surface area (Å²) >= 11 is 0. The lowest BCUT2D eigenvalue weighted by Gasteiger charge is -1.89. The highest BCUT2D eigenvalue weighted by Gasteiger charge is 1.99. The molecule has 6 heavy (non-hydrogen) atoms. The van der Waals surface area contributed by atoms with E-state index in [0.717, 1.165) is 19.6 Å². The summed E-state index contributed by atoms with van der Waals surface area (Å²) in [6, 6.07) is 0. The molecule has 0 atom stereocenters. The van der Waals surface area contributed by atoms with Gasteiger partial charge in [-0.3, -0.25) is 0 Å². The van der Waals surface area contributed by atoms with Gasteiger partial charge in [0.2, 0.25) is 0 Å². The van der Waals surface area contributed by atoms with Crippen LogP contribution in [0.25, 0.3) is 0 Å². The van der Waals surface area contributed by atoms with Crippen LogP contribution in [0.3, 0.4) is 0 Å². The monoisotopic (exact) mass is 87.0 g/mol. The van der Waals surface area contributed by atoms with Gasteiger partial charge in [-0.15, -0.1) is 0 Å². The maximum Gasteiger partial charge on any atom is 0.472 e. The summed E-state index contributed by atoms with van der Waals surface area (Å²) in [6.07, 6.45) is 1.02. The van der Waals surface area contributed by atoms with Gasteiger partial charge in [-0.05, 0) is 0 Å². The summed E-state index contributed by atoms with van der Waals surface area (Å²) in [5.74, 6) is 0. The first-order valence-electron chi connectivity index (χ1n) is 2.05. The highest BCUT2D eigenvalue weighted by atomic mass is 16.6. The topological polar surface area (TPSA) is 20.5 Å². The van der Waals surface area contributed by atoms with E-state index in [2.05, 4.69) is 0 Å². The van der Waals surface area contributed by atoms with Crippen LogP contribution in [-0.2, 0) is 9.16 Å². The van der Waals surface area contributed by atoms with E-state index in [1.807, 2.05) is 0 Å². The lowest BCUT2D eigenvalue weighted by atomic mass is 10.5. The van der Waals surface area contributed by atoms with Gasteiger partial charge >= 0.3 is 6.47 Å². The van der Waals surface area contributed by atoms with Gasteiger partial charge < -0.3 is 9.16 Å². The fraction of sp³-hybridized carbons (Fsp3) is 0.750. The fourth-order valence-corrected chi connectivity index (χ4v) is 0.370. The number of cyclic esters (lactones) is 1. The molecule has 0 saturated heterocycles. The Balaban J connectivity index is 2.26. The predicted octanol–water partition coefficient (Wildman–Crippen LogP) is 0.0988. The molecular weight excluding hydrogens is 80.0 g/mol. The molecule has 0 amide bonds. The first-order chi connectivity index (χ1) is 3.00. The fourth-order valence-electron chi connectivity index (χ4n) is 0.370. The molecule has 1 aliphatic heterocycles. The van der Waals surface area contributed by atoms with Crippen LogP contribution in [0.5, 0.6) is 0 Å². The maximum absolute atomic E-state index is 4.72. The van der Waals surface area contributed by atoms with Crippen molar-refractivity contribution in [2.75, 3.05) is 13.2 Å². The summed E-state index contributed by atoms with van der Waals surface area (Å²) in [6.45, 7) is 3.03. The number of ether oxygens (including phenoxy) is 1. The molecule has 0 radical (unpaired) electrons. The highest BCUT2D eigenvalue weighted by Crippen LogP contribution is 1.82. The number of hydrogen-bond donors (Lipinski definition) is 0. The predicted molar refractivity (Wildman–Crippen MR) is 21.5 cm³/mol. The average molecular weight is 87.1 g/mol. The summed E-state index contributed by atoms with van der Waals surface area (Å²) in [5, 5.41) is 0. The lowest BCUT2D eigenvalue weighted by molar-refractivity contribution is -0.470. The summed E-state index contributed by atoms with van der Waals surface area (Å²) in [4.78, 5) is 0. The molecule has 0 aliphatic carbocycles. The highest BCUT2D eigenvalue weighted by molar-refractivity contribution is 5.38. The van der Waals surface area contributed by atoms with Gasteiger partial charge in [0.1, 0.15) is 0 Å². The second-order valence-corrected chi connectivity index (χ2v) is 1.19. The summed E-state index contributed by atoms with van der Waals surface area (Å²) in [5.41, 5.74) is 0. The van der Waals surface area contributed by atoms with Gasteiger partial charge in [-0.25, -0.2) is 0 Å². The van der Waals surface area contributed by atoms with Gasteiger partial charge in [-0.1, -0.05) is 0 Å². The second kappa shape index (κ2) is 1.80. The van der Waals surface area contributed by atoms with E-state index in [4.69, 9.17) is 9.16 Å². The van der Waals surface area contributed by atoms with Gasteiger partial charge in [0, 0.05) is 0 Å². The maximum atomic E-state index is 4.72. The van der Waals surface area contributed by atoms with Crippen LogP contribution in [-0.4, -0.2) is 19.7 Å². The molecule has 0 spiro atoms. The van der Waals surface area contributed by atoms with Crippen LogP contribution in [0.4, 0.5) is 0 Å². The Kier molecular flexibility index (Phi) is 1.10. The molecule has 2 heteroatoms. The Labute approximate surface area is 36.4 Å². The minimum absolute atomic E-state index is 0.819. The number of rotatable bonds is 0. The van der Waals surface area contributed by atoms with Crippen molar-refractivity contribution >= 4 is 6.47 Å². The minimum atomic E-state index is 0.819. The van der Waals surface area contributed by atoms with Crippen LogP contribution in [0.1, 0.15) is 6.42 Å². The summed E-state index contributed by atoms with van der Waals surface area (Å²) in [7, 11) is 0. The lowest BCUT2D eigenvalue weighted by Crippen LogP contribution is -2.04. The van der Waals surface area contributed by atoms with Crippen LogP contribution in [0.2, 0.25) is 0 Å². The zero-order valence-electron chi connectivity index (χ0n) is 3.52. The third-order valence-electron chi connectivity index (χ3n) is 0.660. The van der Waals surface area contributed by atoms with Gasteiger partial charge in [0.15, 0.2) is 13.2 Å². The third-order valence-corrected chi connectivity index (χ3v) is 0.660. The molecule has 1 rings (SSSR count). The van der Waals surface area contributed by atoms with Crippen LogP contribution in [0, 0.1) is 0 Å². The van der Waals surface area contributed by atoms with E-state index in [0.29, 0.717) is 0 Å². The zero-order valence-corrected chi connectivity index (χ0v) is 3.52. The quantitative estimate of drug-likeness (QED) is 0.303. The standard InChI is InChI=1S/C4H7O2/c1-2-5-4-6-3-1/h4H,1-3H2/q+1. The largest absolute Gasteiger partial charge is 0.472 e. The second-order valence-electron chi connectivity index (χ2n) is 1.19. The average Bonchev–Trinajstić information content (AvgIpc) is 1.72. The molecule has 0 aromatic rings. The Morgan fingerprint density at radius 1 is 1.67 bits per heavy atom. The van der Waals surface area contributed by atoms with E-state index in [9.17, 15) is 0 Å². The van der Waals surface area contributed by atoms with Crippen molar-refractivity contribution in [1.29, 1.82) is 0 Å². The smallest absolute Gasteiger partial charge is 0.324 e. The minimum Gasteiger partial charge on any atom is -0.324 e. The zero-order chi connectivity index (χ0) is 4.24. The molecular formula is C4H7O2+. The first kappa shape index (κ1) is 3.65. The van der Waals surface area contributed by atoms with Crippen molar-refractivity contribution in [2.45, 2.75) is 6.42 Å². The van der Waals surface area contributed by atoms with Crippen LogP contribution in [0.15, 0.2) is 0 Å². The first-order valence-corrected chi connectivity index (χ1v) is 2.05. The van der Waals surface area contributed by atoms with E-state index in [-0.39, 0.29) is 0 Å². The van der Waals surface area contributed by atoms with Crippen molar-refractivity contribution in [2.24, 2.45) is 0 Å². The van der Waals surface area contributed by atoms with Crippen LogP contribution >= 0.6 is 0 Å². The molecule has 2 nitrogen and oxygen atoms in total.